The molecule has 1 aromatic heterocycles. The second-order valence-electron chi connectivity index (χ2n) is 3.71. The summed E-state index contributed by atoms with van der Waals surface area (Å²) in [5, 5.41) is 0. The lowest BCUT2D eigenvalue weighted by Gasteiger charge is -2.13. The Morgan fingerprint density at radius 2 is 2.24 bits per heavy atom. The van der Waals surface area contributed by atoms with E-state index in [4.69, 9.17) is 4.74 Å². The monoisotopic (exact) mass is 256 g/mol. The molecular weight excluding hydrogens is 240 g/mol. The number of nitrogens with zero attached hydrogens (tertiary/aromatic N) is 2. The average molecular weight is 256 g/mol. The molecule has 6 heteroatoms. The summed E-state index contributed by atoms with van der Waals surface area (Å²) >= 11 is 1.55. The van der Waals surface area contributed by atoms with Crippen LogP contribution in [0.1, 0.15) is 17.5 Å². The van der Waals surface area contributed by atoms with Crippen LogP contribution in [-0.4, -0.2) is 42.0 Å². The smallest absolute Gasteiger partial charge is 0.325 e. The molecule has 1 amide bonds. The summed E-state index contributed by atoms with van der Waals surface area (Å²) in [5.41, 5.74) is 2.75. The molecule has 1 aromatic rings. The molecule has 17 heavy (non-hydrogen) atoms. The molecule has 0 saturated carbocycles. The Labute approximate surface area is 104 Å². The molecule has 0 fully saturated rings. The number of aromatic nitrogens is 1. The van der Waals surface area contributed by atoms with Crippen LogP contribution >= 0.6 is 11.3 Å². The summed E-state index contributed by atoms with van der Waals surface area (Å²) in [6.07, 6.45) is 0.673. The number of rotatable bonds is 5. The van der Waals surface area contributed by atoms with Gasteiger partial charge in [0.2, 0.25) is 5.91 Å². The molecule has 0 aliphatic heterocycles. The quantitative estimate of drug-likeness (QED) is 0.738. The molecule has 0 aromatic carbocycles. The second kappa shape index (κ2) is 6.34. The Hall–Kier alpha value is -1.43. The maximum absolute atomic E-state index is 11.3. The van der Waals surface area contributed by atoms with Crippen LogP contribution in [0.5, 0.6) is 0 Å². The summed E-state index contributed by atoms with van der Waals surface area (Å²) in [7, 11) is 1.57. The number of hydrogen-bond donors (Lipinski definition) is 0. The predicted octanol–water partition coefficient (Wildman–Crippen LogP) is 1.02. The number of aryl methyl sites for hydroxylation is 1. The van der Waals surface area contributed by atoms with Gasteiger partial charge in [-0.2, -0.15) is 0 Å². The Morgan fingerprint density at radius 1 is 1.53 bits per heavy atom. The summed E-state index contributed by atoms with van der Waals surface area (Å²) in [6.45, 7) is 3.66. The number of hydrogen-bond acceptors (Lipinski definition) is 5. The summed E-state index contributed by atoms with van der Waals surface area (Å²) in [5.74, 6) is -0.537. The molecule has 0 aliphatic rings. The largest absolute Gasteiger partial charge is 0.464 e. The molecule has 0 saturated heterocycles. The fraction of sp³-hybridized carbons (Fsp3) is 0.545. The first-order chi connectivity index (χ1) is 8.00. The zero-order valence-electron chi connectivity index (χ0n) is 10.2. The fourth-order valence-corrected chi connectivity index (χ4v) is 1.94. The summed E-state index contributed by atoms with van der Waals surface area (Å²) < 4.78 is 5.04. The normalized spacial score (nSPS) is 10.1. The van der Waals surface area contributed by atoms with Crippen molar-refractivity contribution in [1.82, 2.24) is 9.88 Å². The molecule has 0 N–H and O–H groups in total. The van der Waals surface area contributed by atoms with Crippen LogP contribution in [0.4, 0.5) is 0 Å². The van der Waals surface area contributed by atoms with Crippen LogP contribution in [0.25, 0.3) is 0 Å². The molecule has 0 atom stereocenters. The van der Waals surface area contributed by atoms with Gasteiger partial charge in [0.1, 0.15) is 6.54 Å². The third-order valence-corrected chi connectivity index (χ3v) is 3.34. The van der Waals surface area contributed by atoms with E-state index in [1.165, 1.54) is 11.8 Å². The number of esters is 1. The van der Waals surface area contributed by atoms with Gasteiger partial charge in [-0.15, -0.1) is 11.3 Å². The van der Waals surface area contributed by atoms with Crippen molar-refractivity contribution in [3.05, 3.63) is 16.1 Å². The summed E-state index contributed by atoms with van der Waals surface area (Å²) in [4.78, 5) is 28.8. The minimum atomic E-state index is -0.384. The lowest BCUT2D eigenvalue weighted by Crippen LogP contribution is -2.31. The predicted molar refractivity (Wildman–Crippen MR) is 64.8 cm³/mol. The highest BCUT2D eigenvalue weighted by Crippen LogP contribution is 2.12. The molecule has 0 aliphatic carbocycles. The van der Waals surface area contributed by atoms with Gasteiger partial charge in [0.15, 0.2) is 0 Å². The van der Waals surface area contributed by atoms with Gasteiger partial charge in [0.05, 0.1) is 17.8 Å². The van der Waals surface area contributed by atoms with E-state index in [2.05, 4.69) is 4.98 Å². The van der Waals surface area contributed by atoms with E-state index in [-0.39, 0.29) is 18.4 Å². The Morgan fingerprint density at radius 3 is 2.76 bits per heavy atom. The zero-order chi connectivity index (χ0) is 12.8. The number of amides is 1. The Bertz CT molecular complexity index is 403. The molecule has 0 bridgehead atoms. The summed E-state index contributed by atoms with van der Waals surface area (Å²) in [6, 6.07) is 0. The lowest BCUT2D eigenvalue weighted by atomic mass is 10.3. The van der Waals surface area contributed by atoms with Crippen molar-refractivity contribution in [2.75, 3.05) is 20.2 Å². The molecule has 0 spiro atoms. The number of ether oxygens (including phenoxy) is 1. The van der Waals surface area contributed by atoms with Crippen molar-refractivity contribution >= 4 is 23.2 Å². The molecule has 0 unspecified atom stereocenters. The van der Waals surface area contributed by atoms with E-state index in [9.17, 15) is 9.59 Å². The van der Waals surface area contributed by atoms with E-state index in [1.807, 2.05) is 6.92 Å². The van der Waals surface area contributed by atoms with E-state index < -0.39 is 0 Å². The van der Waals surface area contributed by atoms with Gasteiger partial charge in [0, 0.05) is 25.3 Å². The topological polar surface area (TPSA) is 59.5 Å². The number of likely N-dealkylation sites (N-methyl/N-ethyl adjacent to an activating group) is 1. The van der Waals surface area contributed by atoms with Crippen molar-refractivity contribution in [2.24, 2.45) is 0 Å². The number of carbonyl (C=O) groups excluding carboxylic acids is 2. The highest BCUT2D eigenvalue weighted by Gasteiger charge is 2.10. The first-order valence-corrected chi connectivity index (χ1v) is 6.15. The van der Waals surface area contributed by atoms with E-state index in [1.54, 1.807) is 23.9 Å². The van der Waals surface area contributed by atoms with Gasteiger partial charge >= 0.3 is 5.97 Å². The van der Waals surface area contributed by atoms with Gasteiger partial charge in [-0.25, -0.2) is 4.98 Å². The molecular formula is C11H16N2O3S. The van der Waals surface area contributed by atoms with Gasteiger partial charge in [-0.05, 0) is 6.92 Å². The molecule has 0 radical (unpaired) electrons. The maximum atomic E-state index is 11.3. The molecule has 1 heterocycles. The second-order valence-corrected chi connectivity index (χ2v) is 4.65. The fourth-order valence-electron chi connectivity index (χ4n) is 1.17. The van der Waals surface area contributed by atoms with Crippen LogP contribution in [0, 0.1) is 6.92 Å². The first kappa shape index (κ1) is 13.6. The van der Waals surface area contributed by atoms with Crippen LogP contribution < -0.4 is 0 Å². The van der Waals surface area contributed by atoms with E-state index in [0.717, 1.165) is 10.6 Å². The van der Waals surface area contributed by atoms with Gasteiger partial charge in [0.25, 0.3) is 0 Å². The van der Waals surface area contributed by atoms with Gasteiger partial charge < -0.3 is 9.64 Å². The number of thiazole rings is 1. The van der Waals surface area contributed by atoms with Crippen molar-refractivity contribution in [3.63, 3.8) is 0 Å². The van der Waals surface area contributed by atoms with Crippen LogP contribution in [0.2, 0.25) is 0 Å². The average Bonchev–Trinajstić information content (AvgIpc) is 2.64. The van der Waals surface area contributed by atoms with Crippen LogP contribution in [-0.2, 0) is 20.7 Å². The minimum absolute atomic E-state index is 0.00297. The highest BCUT2D eigenvalue weighted by molar-refractivity contribution is 7.09. The molecule has 94 valence electrons. The van der Waals surface area contributed by atoms with Crippen LogP contribution in [0.15, 0.2) is 5.51 Å². The number of carbonyl (C=O) groups is 2. The minimum Gasteiger partial charge on any atom is -0.464 e. The van der Waals surface area contributed by atoms with Gasteiger partial charge in [-0.3, -0.25) is 9.59 Å². The molecule has 5 nitrogen and oxygen atoms in total. The Balaban J connectivity index is 2.25. The third-order valence-electron chi connectivity index (χ3n) is 2.34. The zero-order valence-corrected chi connectivity index (χ0v) is 11.0. The van der Waals surface area contributed by atoms with Crippen molar-refractivity contribution in [3.8, 4) is 0 Å². The maximum Gasteiger partial charge on any atom is 0.325 e. The lowest BCUT2D eigenvalue weighted by molar-refractivity contribution is -0.147. The van der Waals surface area contributed by atoms with E-state index in [0.29, 0.717) is 13.0 Å². The first-order valence-electron chi connectivity index (χ1n) is 5.27. The SMILES string of the molecule is CC(=O)N(C)CC(=O)OCCc1scnc1C. The highest BCUT2D eigenvalue weighted by atomic mass is 32.1. The van der Waals surface area contributed by atoms with Gasteiger partial charge in [-0.1, -0.05) is 0 Å². The van der Waals surface area contributed by atoms with Crippen molar-refractivity contribution < 1.29 is 14.3 Å². The van der Waals surface area contributed by atoms with Crippen LogP contribution in [0.3, 0.4) is 0 Å². The van der Waals surface area contributed by atoms with E-state index >= 15 is 0 Å². The molecule has 1 rings (SSSR count). The Kier molecular flexibility index (Phi) is 5.09. The standard InChI is InChI=1S/C11H16N2O3S/c1-8-10(17-7-12-8)4-5-16-11(15)6-13(3)9(2)14/h7H,4-6H2,1-3H3. The van der Waals surface area contributed by atoms with Crippen molar-refractivity contribution in [2.45, 2.75) is 20.3 Å². The third kappa shape index (κ3) is 4.52. The van der Waals surface area contributed by atoms with Crippen molar-refractivity contribution in [1.29, 1.82) is 0 Å².